The van der Waals surface area contributed by atoms with Crippen molar-refractivity contribution in [3.63, 3.8) is 0 Å². The molecular formula is C27H23FN6O2. The molecule has 0 N–H and O–H groups in total. The average molecular weight is 483 g/mol. The molecule has 0 unspecified atom stereocenters. The van der Waals surface area contributed by atoms with Gasteiger partial charge in [0.25, 0.3) is 0 Å². The van der Waals surface area contributed by atoms with Gasteiger partial charge in [-0.15, -0.1) is 0 Å². The molecule has 2 fully saturated rings. The summed E-state index contributed by atoms with van der Waals surface area (Å²) < 4.78 is 22.8. The number of pyridine rings is 2. The zero-order chi connectivity index (χ0) is 24.4. The van der Waals surface area contributed by atoms with E-state index in [-0.39, 0.29) is 11.5 Å². The molecule has 2 aliphatic heterocycles. The fourth-order valence-corrected chi connectivity index (χ4v) is 5.81. The van der Waals surface area contributed by atoms with E-state index in [0.29, 0.717) is 34.4 Å². The molecule has 36 heavy (non-hydrogen) atoms. The van der Waals surface area contributed by atoms with Crippen LogP contribution in [0.3, 0.4) is 0 Å². The first-order valence-electron chi connectivity index (χ1n) is 12.0. The summed E-state index contributed by atoms with van der Waals surface area (Å²) in [6.07, 6.45) is 8.05. The monoisotopic (exact) mass is 482 g/mol. The molecule has 0 bridgehead atoms. The number of fused-ring (bicyclic) bond motifs is 3. The molecular weight excluding hydrogens is 459 g/mol. The van der Waals surface area contributed by atoms with E-state index in [2.05, 4.69) is 9.88 Å². The van der Waals surface area contributed by atoms with Crippen molar-refractivity contribution in [2.75, 3.05) is 31.1 Å². The molecule has 0 radical (unpaired) electrons. The number of aromatic nitrogens is 4. The zero-order valence-corrected chi connectivity index (χ0v) is 19.6. The second kappa shape index (κ2) is 7.87. The third kappa shape index (κ3) is 3.12. The molecule has 5 aromatic rings. The first-order chi connectivity index (χ1) is 17.6. The van der Waals surface area contributed by atoms with Crippen LogP contribution in [0.4, 0.5) is 10.3 Å². The van der Waals surface area contributed by atoms with Crippen molar-refractivity contribution < 1.29 is 13.6 Å². The maximum atomic E-state index is 14.9. The van der Waals surface area contributed by atoms with Crippen LogP contribution in [0.5, 0.6) is 0 Å². The standard InChI is InChI=1S/C27H23FN6O2/c1-16-26-25(31-27(30-16)34-11-17-9-32(15-35)10-18(17)12-34)20(14-36-26)23-19(24-21(28)5-4-7-29-24)13-33-8-3-2-6-22(23)33/h2-8,13-15,17-18H,9-12H2,1H3/t17-,18+. The van der Waals surface area contributed by atoms with Crippen LogP contribution in [0.25, 0.3) is 39.0 Å². The van der Waals surface area contributed by atoms with Gasteiger partial charge in [-0.3, -0.25) is 9.78 Å². The Labute approximate surface area is 206 Å². The molecule has 2 saturated heterocycles. The molecule has 2 atom stereocenters. The van der Waals surface area contributed by atoms with Crippen molar-refractivity contribution in [2.45, 2.75) is 6.92 Å². The van der Waals surface area contributed by atoms with Gasteiger partial charge < -0.3 is 18.6 Å². The van der Waals surface area contributed by atoms with Crippen molar-refractivity contribution >= 4 is 29.0 Å². The lowest BCUT2D eigenvalue weighted by Crippen LogP contribution is -2.29. The van der Waals surface area contributed by atoms with Gasteiger partial charge in [0.05, 0.1) is 11.2 Å². The summed E-state index contributed by atoms with van der Waals surface area (Å²) in [6, 6.07) is 8.89. The van der Waals surface area contributed by atoms with Crippen molar-refractivity contribution in [1.82, 2.24) is 24.3 Å². The SMILES string of the molecule is Cc1nc(N2C[C@H]3CN(C=O)C[C@H]3C2)nc2c(-c3c(-c4ncccc4F)cn4ccccc34)coc12. The van der Waals surface area contributed by atoms with Crippen LogP contribution in [0.15, 0.2) is 59.6 Å². The predicted molar refractivity (Wildman–Crippen MR) is 133 cm³/mol. The topological polar surface area (TPSA) is 79.8 Å². The smallest absolute Gasteiger partial charge is 0.226 e. The highest BCUT2D eigenvalue weighted by Gasteiger charge is 2.40. The normalized spacial score (nSPS) is 19.5. The van der Waals surface area contributed by atoms with Gasteiger partial charge in [-0.05, 0) is 31.2 Å². The molecule has 9 heteroatoms. The van der Waals surface area contributed by atoms with E-state index in [4.69, 9.17) is 14.4 Å². The lowest BCUT2D eigenvalue weighted by Gasteiger charge is -2.19. The van der Waals surface area contributed by atoms with Gasteiger partial charge in [0.1, 0.15) is 23.3 Å². The van der Waals surface area contributed by atoms with Crippen LogP contribution < -0.4 is 4.90 Å². The minimum Gasteiger partial charge on any atom is -0.460 e. The maximum Gasteiger partial charge on any atom is 0.226 e. The molecule has 0 aliphatic carbocycles. The minimum atomic E-state index is -0.387. The molecule has 8 nitrogen and oxygen atoms in total. The second-order valence-electron chi connectivity index (χ2n) is 9.67. The number of likely N-dealkylation sites (tertiary alicyclic amines) is 1. The van der Waals surface area contributed by atoms with Gasteiger partial charge in [-0.1, -0.05) is 6.07 Å². The van der Waals surface area contributed by atoms with Gasteiger partial charge in [-0.2, -0.15) is 0 Å². The number of furan rings is 1. The number of carbonyl (C=O) groups excluding carboxylic acids is 1. The molecule has 7 heterocycles. The van der Waals surface area contributed by atoms with E-state index in [9.17, 15) is 9.18 Å². The summed E-state index contributed by atoms with van der Waals surface area (Å²) in [7, 11) is 0. The molecule has 1 amide bonds. The first-order valence-corrected chi connectivity index (χ1v) is 12.0. The van der Waals surface area contributed by atoms with E-state index in [1.165, 1.54) is 6.07 Å². The largest absolute Gasteiger partial charge is 0.460 e. The summed E-state index contributed by atoms with van der Waals surface area (Å²) in [6.45, 7) is 5.10. The Kier molecular flexibility index (Phi) is 4.60. The number of hydrogen-bond donors (Lipinski definition) is 0. The Morgan fingerprint density at radius 1 is 1.06 bits per heavy atom. The summed E-state index contributed by atoms with van der Waals surface area (Å²) in [5.41, 5.74) is 5.51. The van der Waals surface area contributed by atoms with E-state index in [1.54, 1.807) is 18.5 Å². The van der Waals surface area contributed by atoms with Gasteiger partial charge in [0.15, 0.2) is 5.58 Å². The molecule has 180 valence electrons. The molecule has 7 rings (SSSR count). The lowest BCUT2D eigenvalue weighted by molar-refractivity contribution is -0.117. The van der Waals surface area contributed by atoms with Crippen LogP contribution in [-0.2, 0) is 4.79 Å². The van der Waals surface area contributed by atoms with Crippen molar-refractivity contribution in [1.29, 1.82) is 0 Å². The van der Waals surface area contributed by atoms with E-state index < -0.39 is 0 Å². The number of anilines is 1. The Morgan fingerprint density at radius 2 is 1.89 bits per heavy atom. The highest BCUT2D eigenvalue weighted by atomic mass is 19.1. The maximum absolute atomic E-state index is 14.9. The number of nitrogens with zero attached hydrogens (tertiary/aromatic N) is 6. The average Bonchev–Trinajstić information content (AvgIpc) is 3.64. The van der Waals surface area contributed by atoms with Crippen LogP contribution >= 0.6 is 0 Å². The molecule has 0 saturated carbocycles. The second-order valence-corrected chi connectivity index (χ2v) is 9.67. The zero-order valence-electron chi connectivity index (χ0n) is 19.6. The number of hydrogen-bond acceptors (Lipinski definition) is 6. The number of carbonyl (C=O) groups is 1. The Bertz CT molecular complexity index is 1630. The fourth-order valence-electron chi connectivity index (χ4n) is 5.81. The highest BCUT2D eigenvalue weighted by Crippen LogP contribution is 2.42. The minimum absolute atomic E-state index is 0.281. The van der Waals surface area contributed by atoms with Crippen molar-refractivity contribution in [3.05, 3.63) is 66.7 Å². The van der Waals surface area contributed by atoms with E-state index in [0.717, 1.165) is 54.9 Å². The summed E-state index contributed by atoms with van der Waals surface area (Å²) in [4.78, 5) is 29.3. The van der Waals surface area contributed by atoms with Crippen molar-refractivity contribution in [2.24, 2.45) is 11.8 Å². The summed E-state index contributed by atoms with van der Waals surface area (Å²) in [5, 5.41) is 0. The van der Waals surface area contributed by atoms with Crippen LogP contribution in [0.2, 0.25) is 0 Å². The van der Waals surface area contributed by atoms with E-state index in [1.807, 2.05) is 46.8 Å². The first kappa shape index (κ1) is 21.0. The number of halogens is 1. The predicted octanol–water partition coefficient (Wildman–Crippen LogP) is 4.18. The third-order valence-corrected chi connectivity index (χ3v) is 7.49. The summed E-state index contributed by atoms with van der Waals surface area (Å²) in [5.74, 6) is 1.12. The summed E-state index contributed by atoms with van der Waals surface area (Å²) >= 11 is 0. The van der Waals surface area contributed by atoms with Gasteiger partial charge >= 0.3 is 0 Å². The number of amides is 1. The number of aryl methyl sites for hydroxylation is 1. The fraction of sp³-hybridized carbons (Fsp3) is 0.259. The van der Waals surface area contributed by atoms with Gasteiger partial charge in [0, 0.05) is 73.3 Å². The molecule has 5 aromatic heterocycles. The van der Waals surface area contributed by atoms with Crippen molar-refractivity contribution in [3.8, 4) is 22.4 Å². The Morgan fingerprint density at radius 3 is 2.67 bits per heavy atom. The van der Waals surface area contributed by atoms with Crippen LogP contribution in [0, 0.1) is 24.6 Å². The van der Waals surface area contributed by atoms with E-state index >= 15 is 0 Å². The number of rotatable bonds is 4. The van der Waals surface area contributed by atoms with Gasteiger partial charge in [-0.25, -0.2) is 14.4 Å². The molecule has 0 spiro atoms. The van der Waals surface area contributed by atoms with Crippen LogP contribution in [-0.4, -0.2) is 56.8 Å². The van der Waals surface area contributed by atoms with Crippen LogP contribution in [0.1, 0.15) is 5.69 Å². The lowest BCUT2D eigenvalue weighted by atomic mass is 10.0. The quantitative estimate of drug-likeness (QED) is 0.358. The Hall–Kier alpha value is -4.27. The Balaban J connectivity index is 1.38. The molecule has 2 aliphatic rings. The highest BCUT2D eigenvalue weighted by molar-refractivity contribution is 6.03. The van der Waals surface area contributed by atoms with Gasteiger partial charge in [0.2, 0.25) is 12.4 Å². The third-order valence-electron chi connectivity index (χ3n) is 7.49. The molecule has 0 aromatic carbocycles.